The topological polar surface area (TPSA) is 67.8 Å². The molecule has 0 unspecified atom stereocenters. The summed E-state index contributed by atoms with van der Waals surface area (Å²) < 4.78 is 38.1. The Morgan fingerprint density at radius 2 is 1.91 bits per heavy atom. The van der Waals surface area contributed by atoms with Gasteiger partial charge in [-0.1, -0.05) is 23.5 Å². The molecule has 1 N–H and O–H groups in total. The van der Waals surface area contributed by atoms with Gasteiger partial charge in [-0.3, -0.25) is 10.1 Å². The van der Waals surface area contributed by atoms with E-state index in [-0.39, 0.29) is 5.56 Å². The predicted octanol–water partition coefficient (Wildman–Crippen LogP) is 3.67. The summed E-state index contributed by atoms with van der Waals surface area (Å²) in [5.41, 5.74) is 1.67. The maximum absolute atomic E-state index is 12.4. The van der Waals surface area contributed by atoms with Gasteiger partial charge in [0, 0.05) is 12.4 Å². The van der Waals surface area contributed by atoms with Crippen molar-refractivity contribution in [1.29, 1.82) is 0 Å². The molecule has 0 bridgehead atoms. The summed E-state index contributed by atoms with van der Waals surface area (Å²) in [5, 5.41) is 2.90. The maximum Gasteiger partial charge on any atom is 0.451 e. The van der Waals surface area contributed by atoms with Crippen molar-refractivity contribution < 1.29 is 18.0 Å². The number of hydrogen-bond donors (Lipinski definition) is 1. The lowest BCUT2D eigenvalue weighted by Gasteiger charge is -2.05. The number of rotatable bonds is 2. The average Bonchev–Trinajstić information content (AvgIpc) is 2.90. The van der Waals surface area contributed by atoms with Crippen LogP contribution in [0.4, 0.5) is 18.3 Å². The van der Waals surface area contributed by atoms with Gasteiger partial charge in [-0.25, -0.2) is 15.0 Å². The maximum atomic E-state index is 12.4. The third-order valence-corrected chi connectivity index (χ3v) is 3.94. The van der Waals surface area contributed by atoms with Crippen LogP contribution in [0.2, 0.25) is 0 Å². The van der Waals surface area contributed by atoms with Crippen molar-refractivity contribution in [2.75, 3.05) is 5.32 Å². The normalized spacial score (nSPS) is 11.7. The number of anilines is 1. The lowest BCUT2D eigenvalue weighted by atomic mass is 10.2. The van der Waals surface area contributed by atoms with E-state index in [1.807, 2.05) is 25.1 Å². The van der Waals surface area contributed by atoms with Crippen molar-refractivity contribution in [2.45, 2.75) is 13.1 Å². The van der Waals surface area contributed by atoms with Crippen LogP contribution in [0.5, 0.6) is 0 Å². The fourth-order valence-corrected chi connectivity index (χ4v) is 2.84. The first-order chi connectivity index (χ1) is 10.8. The molecule has 0 saturated carbocycles. The number of fused-ring (bicyclic) bond motifs is 1. The standard InChI is InChI=1S/C14H9F3N4OS/c1-7-3-2-4-9-10(7)20-13(23-9)21-11(22)8-5-18-12(19-6-8)14(15,16)17/h2-6H,1H3,(H,20,21,22). The summed E-state index contributed by atoms with van der Waals surface area (Å²) in [5.74, 6) is -1.90. The molecule has 5 nitrogen and oxygen atoms in total. The molecule has 0 aliphatic heterocycles. The Hall–Kier alpha value is -2.55. The van der Waals surface area contributed by atoms with Crippen LogP contribution in [0.25, 0.3) is 10.2 Å². The van der Waals surface area contributed by atoms with Gasteiger partial charge in [0.2, 0.25) is 5.82 Å². The molecule has 0 spiro atoms. The number of carbonyl (C=O) groups excluding carboxylic acids is 1. The van der Waals surface area contributed by atoms with E-state index in [1.54, 1.807) is 0 Å². The van der Waals surface area contributed by atoms with Gasteiger partial charge in [0.15, 0.2) is 5.13 Å². The zero-order valence-corrected chi connectivity index (χ0v) is 12.5. The highest BCUT2D eigenvalue weighted by atomic mass is 32.1. The molecule has 0 fully saturated rings. The van der Waals surface area contributed by atoms with Gasteiger partial charge < -0.3 is 0 Å². The van der Waals surface area contributed by atoms with Crippen LogP contribution >= 0.6 is 11.3 Å². The van der Waals surface area contributed by atoms with Gasteiger partial charge in [0.1, 0.15) is 0 Å². The number of aryl methyl sites for hydroxylation is 1. The van der Waals surface area contributed by atoms with Crippen molar-refractivity contribution in [1.82, 2.24) is 15.0 Å². The number of aromatic nitrogens is 3. The molecule has 3 aromatic rings. The third-order valence-electron chi connectivity index (χ3n) is 3.01. The van der Waals surface area contributed by atoms with Gasteiger partial charge in [0.05, 0.1) is 15.8 Å². The van der Waals surface area contributed by atoms with E-state index in [0.717, 1.165) is 28.2 Å². The lowest BCUT2D eigenvalue weighted by Crippen LogP contribution is -2.15. The second-order valence-corrected chi connectivity index (χ2v) is 5.72. The van der Waals surface area contributed by atoms with Gasteiger partial charge in [-0.05, 0) is 18.6 Å². The Kier molecular flexibility index (Phi) is 3.72. The number of amides is 1. The second kappa shape index (κ2) is 5.58. The molecule has 0 aliphatic rings. The molecule has 118 valence electrons. The number of para-hydroxylation sites is 1. The number of thiazole rings is 1. The Labute approximate surface area is 132 Å². The SMILES string of the molecule is Cc1cccc2sc(NC(=O)c3cnc(C(F)(F)F)nc3)nc12. The minimum Gasteiger partial charge on any atom is -0.298 e. The molecule has 0 radical (unpaired) electrons. The molecule has 0 aliphatic carbocycles. The van der Waals surface area contributed by atoms with E-state index in [4.69, 9.17) is 0 Å². The first kappa shape index (κ1) is 15.3. The van der Waals surface area contributed by atoms with Gasteiger partial charge >= 0.3 is 6.18 Å². The van der Waals surface area contributed by atoms with Crippen LogP contribution in [-0.4, -0.2) is 20.9 Å². The smallest absolute Gasteiger partial charge is 0.298 e. The summed E-state index contributed by atoms with van der Waals surface area (Å²) in [6.45, 7) is 1.90. The number of halogens is 3. The summed E-state index contributed by atoms with van der Waals surface area (Å²) in [7, 11) is 0. The Balaban J connectivity index is 1.81. The van der Waals surface area contributed by atoms with Crippen LogP contribution in [-0.2, 0) is 6.18 Å². The summed E-state index contributed by atoms with van der Waals surface area (Å²) >= 11 is 1.28. The van der Waals surface area contributed by atoms with Gasteiger partial charge in [-0.15, -0.1) is 0 Å². The molecular formula is C14H9F3N4OS. The Morgan fingerprint density at radius 1 is 1.22 bits per heavy atom. The van der Waals surface area contributed by atoms with Crippen molar-refractivity contribution in [2.24, 2.45) is 0 Å². The Bertz CT molecular complexity index is 874. The fourth-order valence-electron chi connectivity index (χ4n) is 1.90. The molecule has 2 heterocycles. The zero-order valence-electron chi connectivity index (χ0n) is 11.7. The average molecular weight is 338 g/mol. The number of hydrogen-bond acceptors (Lipinski definition) is 5. The summed E-state index contributed by atoms with van der Waals surface area (Å²) in [6, 6.07) is 5.65. The first-order valence-electron chi connectivity index (χ1n) is 6.41. The predicted molar refractivity (Wildman–Crippen MR) is 79.3 cm³/mol. The van der Waals surface area contributed by atoms with Crippen LogP contribution in [0.15, 0.2) is 30.6 Å². The highest BCUT2D eigenvalue weighted by molar-refractivity contribution is 7.22. The first-order valence-corrected chi connectivity index (χ1v) is 7.23. The highest BCUT2D eigenvalue weighted by Gasteiger charge is 2.34. The number of carbonyl (C=O) groups is 1. The molecule has 9 heteroatoms. The van der Waals surface area contributed by atoms with Crippen molar-refractivity contribution >= 4 is 32.6 Å². The number of benzene rings is 1. The van der Waals surface area contributed by atoms with Crippen molar-refractivity contribution in [3.63, 3.8) is 0 Å². The van der Waals surface area contributed by atoms with E-state index in [2.05, 4.69) is 20.3 Å². The monoisotopic (exact) mass is 338 g/mol. The van der Waals surface area contributed by atoms with Crippen LogP contribution in [0.3, 0.4) is 0 Å². The van der Waals surface area contributed by atoms with E-state index in [1.165, 1.54) is 11.3 Å². The molecule has 3 rings (SSSR count). The number of nitrogens with one attached hydrogen (secondary N) is 1. The third kappa shape index (κ3) is 3.14. The van der Waals surface area contributed by atoms with Gasteiger partial charge in [0.25, 0.3) is 5.91 Å². The van der Waals surface area contributed by atoms with E-state index in [0.29, 0.717) is 5.13 Å². The minimum absolute atomic E-state index is 0.0750. The number of alkyl halides is 3. The summed E-state index contributed by atoms with van der Waals surface area (Å²) in [4.78, 5) is 22.6. The van der Waals surface area contributed by atoms with Crippen LogP contribution < -0.4 is 5.32 Å². The highest BCUT2D eigenvalue weighted by Crippen LogP contribution is 2.28. The quantitative estimate of drug-likeness (QED) is 0.774. The molecule has 0 saturated heterocycles. The molecule has 23 heavy (non-hydrogen) atoms. The molecule has 0 atom stereocenters. The van der Waals surface area contributed by atoms with E-state index >= 15 is 0 Å². The fraction of sp³-hybridized carbons (Fsp3) is 0.143. The Morgan fingerprint density at radius 3 is 2.52 bits per heavy atom. The van der Waals surface area contributed by atoms with Crippen molar-refractivity contribution in [3.8, 4) is 0 Å². The molecular weight excluding hydrogens is 329 g/mol. The van der Waals surface area contributed by atoms with Gasteiger partial charge in [-0.2, -0.15) is 13.2 Å². The zero-order chi connectivity index (χ0) is 16.6. The van der Waals surface area contributed by atoms with Crippen LogP contribution in [0, 0.1) is 6.92 Å². The largest absolute Gasteiger partial charge is 0.451 e. The molecule has 1 amide bonds. The molecule has 2 aromatic heterocycles. The van der Waals surface area contributed by atoms with Crippen LogP contribution in [0.1, 0.15) is 21.7 Å². The summed E-state index contributed by atoms with van der Waals surface area (Å²) in [6.07, 6.45) is -2.97. The second-order valence-electron chi connectivity index (χ2n) is 4.69. The molecule has 1 aromatic carbocycles. The van der Waals surface area contributed by atoms with E-state index < -0.39 is 17.9 Å². The lowest BCUT2D eigenvalue weighted by molar-refractivity contribution is -0.145. The minimum atomic E-state index is -4.64. The van der Waals surface area contributed by atoms with Crippen molar-refractivity contribution in [3.05, 3.63) is 47.5 Å². The van der Waals surface area contributed by atoms with E-state index in [9.17, 15) is 18.0 Å². The number of nitrogens with zero attached hydrogens (tertiary/aromatic N) is 3.